The van der Waals surface area contributed by atoms with Crippen molar-refractivity contribution in [2.24, 2.45) is 10.2 Å². The molecule has 0 fully saturated rings. The zero-order valence-corrected chi connectivity index (χ0v) is 11.3. The lowest BCUT2D eigenvalue weighted by atomic mass is 10.3. The van der Waals surface area contributed by atoms with Gasteiger partial charge in [0.2, 0.25) is 5.82 Å². The largest absolute Gasteiger partial charge is 0.857 e. The predicted molar refractivity (Wildman–Crippen MR) is 66.8 cm³/mol. The Bertz CT molecular complexity index is 585. The second kappa shape index (κ2) is 5.64. The lowest BCUT2D eigenvalue weighted by molar-refractivity contribution is -0.278. The Balaban J connectivity index is 2.29. The molecular weight excluding hydrogens is 246 g/mol. The third-order valence-electron chi connectivity index (χ3n) is 2.73. The summed E-state index contributed by atoms with van der Waals surface area (Å²) < 4.78 is 6.40. The van der Waals surface area contributed by atoms with Gasteiger partial charge in [-0.25, -0.2) is 0 Å². The molecule has 0 aliphatic rings. The van der Waals surface area contributed by atoms with Crippen molar-refractivity contribution in [3.8, 4) is 5.88 Å². The van der Waals surface area contributed by atoms with Crippen molar-refractivity contribution in [3.63, 3.8) is 0 Å². The Labute approximate surface area is 110 Å². The van der Waals surface area contributed by atoms with Crippen LogP contribution in [-0.2, 0) is 19.4 Å². The Morgan fingerprint density at radius 1 is 1.26 bits per heavy atom. The van der Waals surface area contributed by atoms with Crippen LogP contribution in [0.15, 0.2) is 20.8 Å². The number of hydrogen-bond acceptors (Lipinski definition) is 6. The van der Waals surface area contributed by atoms with Gasteiger partial charge in [-0.1, -0.05) is 19.0 Å². The van der Waals surface area contributed by atoms with E-state index < -0.39 is 0 Å². The molecule has 0 aliphatic carbocycles. The summed E-state index contributed by atoms with van der Waals surface area (Å²) in [4.78, 5) is 0. The van der Waals surface area contributed by atoms with E-state index in [2.05, 4.69) is 20.5 Å². The summed E-state index contributed by atoms with van der Waals surface area (Å²) in [6, 6.07) is 1.70. The van der Waals surface area contributed by atoms with Crippen molar-refractivity contribution >= 4 is 11.5 Å². The highest BCUT2D eigenvalue weighted by molar-refractivity contribution is 5.50. The first kappa shape index (κ1) is 13.3. The third kappa shape index (κ3) is 2.64. The van der Waals surface area contributed by atoms with Gasteiger partial charge >= 0.3 is 0 Å². The second-order valence-corrected chi connectivity index (χ2v) is 3.97. The van der Waals surface area contributed by atoms with E-state index in [9.17, 15) is 5.11 Å². The molecule has 0 radical (unpaired) electrons. The van der Waals surface area contributed by atoms with Crippen molar-refractivity contribution in [2.75, 3.05) is 0 Å². The minimum absolute atomic E-state index is 0.220. The predicted octanol–water partition coefficient (Wildman–Crippen LogP) is 2.50. The van der Waals surface area contributed by atoms with Crippen molar-refractivity contribution in [3.05, 3.63) is 17.5 Å². The van der Waals surface area contributed by atoms with Gasteiger partial charge in [-0.15, -0.1) is 10.2 Å². The first-order chi connectivity index (χ1) is 9.19. The van der Waals surface area contributed by atoms with Gasteiger partial charge in [0.05, 0.1) is 5.69 Å². The summed E-state index contributed by atoms with van der Waals surface area (Å²) in [5.74, 6) is 0.876. The quantitative estimate of drug-likeness (QED) is 0.774. The molecular formula is C12H16N5O2-. The first-order valence-corrected chi connectivity index (χ1v) is 6.33. The van der Waals surface area contributed by atoms with Crippen LogP contribution in [0, 0.1) is 0 Å². The highest BCUT2D eigenvalue weighted by atomic mass is 16.5. The molecule has 7 nitrogen and oxygen atoms in total. The standard InChI is InChI=1S/C12H17N5O2/c1-4-8-7-10(16-19-8)13-14-11-9(5-2)15-17(6-3)12(11)18/h7,18H,4-6H2,1-3H3/p-1. The van der Waals surface area contributed by atoms with Gasteiger partial charge in [-0.05, 0) is 13.3 Å². The zero-order valence-electron chi connectivity index (χ0n) is 11.3. The molecule has 0 atom stereocenters. The molecule has 2 rings (SSSR count). The number of aryl methyl sites for hydroxylation is 3. The van der Waals surface area contributed by atoms with Crippen molar-refractivity contribution in [2.45, 2.75) is 40.2 Å². The van der Waals surface area contributed by atoms with E-state index in [0.29, 0.717) is 24.5 Å². The SMILES string of the molecule is CCc1cc(N=Nc2c(CC)nn(CC)c2[O-])no1. The fraction of sp³-hybridized carbons (Fsp3) is 0.500. The van der Waals surface area contributed by atoms with Crippen LogP contribution in [-0.4, -0.2) is 14.9 Å². The normalized spacial score (nSPS) is 11.5. The molecule has 0 unspecified atom stereocenters. The summed E-state index contributed by atoms with van der Waals surface area (Å²) in [6.45, 7) is 6.26. The van der Waals surface area contributed by atoms with Gasteiger partial charge in [0.25, 0.3) is 0 Å². The van der Waals surface area contributed by atoms with E-state index in [-0.39, 0.29) is 11.6 Å². The number of azo groups is 1. The summed E-state index contributed by atoms with van der Waals surface area (Å²) in [5, 5.41) is 27.8. The van der Waals surface area contributed by atoms with Crippen LogP contribution >= 0.6 is 0 Å². The number of aromatic nitrogens is 3. The third-order valence-corrected chi connectivity index (χ3v) is 2.73. The Hall–Kier alpha value is -2.18. The minimum Gasteiger partial charge on any atom is -0.857 e. The molecule has 2 aromatic heterocycles. The number of hydrogen-bond donors (Lipinski definition) is 0. The summed E-state index contributed by atoms with van der Waals surface area (Å²) in [7, 11) is 0. The molecule has 2 aromatic rings. The Morgan fingerprint density at radius 2 is 2.05 bits per heavy atom. The van der Waals surface area contributed by atoms with Crippen molar-refractivity contribution < 1.29 is 9.63 Å². The number of nitrogens with zero attached hydrogens (tertiary/aromatic N) is 5. The van der Waals surface area contributed by atoms with Gasteiger partial charge in [0, 0.05) is 24.9 Å². The number of rotatable bonds is 5. The smallest absolute Gasteiger partial charge is 0.216 e. The molecule has 0 spiro atoms. The van der Waals surface area contributed by atoms with Gasteiger partial charge in [-0.2, -0.15) is 5.10 Å². The highest BCUT2D eigenvalue weighted by Gasteiger charge is 2.09. The lowest BCUT2D eigenvalue weighted by Crippen LogP contribution is -2.03. The van der Waals surface area contributed by atoms with Crippen LogP contribution in [0.1, 0.15) is 32.2 Å². The van der Waals surface area contributed by atoms with Crippen LogP contribution in [0.3, 0.4) is 0 Å². The van der Waals surface area contributed by atoms with E-state index in [0.717, 1.165) is 12.2 Å². The molecule has 0 bridgehead atoms. The molecule has 0 saturated heterocycles. The Morgan fingerprint density at radius 3 is 2.63 bits per heavy atom. The first-order valence-electron chi connectivity index (χ1n) is 6.33. The van der Waals surface area contributed by atoms with Crippen LogP contribution in [0.2, 0.25) is 0 Å². The van der Waals surface area contributed by atoms with E-state index >= 15 is 0 Å². The van der Waals surface area contributed by atoms with Gasteiger partial charge in [0.15, 0.2) is 0 Å². The van der Waals surface area contributed by atoms with Crippen LogP contribution in [0.25, 0.3) is 0 Å². The average Bonchev–Trinajstić information content (AvgIpc) is 3.00. The molecule has 102 valence electrons. The molecule has 0 saturated carbocycles. The fourth-order valence-corrected chi connectivity index (χ4v) is 1.65. The summed E-state index contributed by atoms with van der Waals surface area (Å²) in [5.41, 5.74) is 0.931. The van der Waals surface area contributed by atoms with Crippen molar-refractivity contribution in [1.29, 1.82) is 0 Å². The van der Waals surface area contributed by atoms with Gasteiger partial charge in [-0.3, -0.25) is 4.68 Å². The molecule has 0 amide bonds. The zero-order chi connectivity index (χ0) is 13.8. The molecule has 19 heavy (non-hydrogen) atoms. The average molecular weight is 262 g/mol. The summed E-state index contributed by atoms with van der Waals surface area (Å²) >= 11 is 0. The summed E-state index contributed by atoms with van der Waals surface area (Å²) in [6.07, 6.45) is 1.37. The molecule has 0 aliphatic heterocycles. The van der Waals surface area contributed by atoms with E-state index in [1.165, 1.54) is 4.68 Å². The topological polar surface area (TPSA) is 91.6 Å². The van der Waals surface area contributed by atoms with Gasteiger partial charge < -0.3 is 9.63 Å². The molecule has 0 N–H and O–H groups in total. The van der Waals surface area contributed by atoms with E-state index in [4.69, 9.17) is 4.52 Å². The van der Waals surface area contributed by atoms with Gasteiger partial charge in [0.1, 0.15) is 11.4 Å². The second-order valence-electron chi connectivity index (χ2n) is 3.97. The Kier molecular flexibility index (Phi) is 3.94. The van der Waals surface area contributed by atoms with Crippen LogP contribution < -0.4 is 5.11 Å². The maximum absolute atomic E-state index is 12.0. The maximum Gasteiger partial charge on any atom is 0.216 e. The lowest BCUT2D eigenvalue weighted by Gasteiger charge is -2.07. The monoisotopic (exact) mass is 262 g/mol. The van der Waals surface area contributed by atoms with Crippen molar-refractivity contribution in [1.82, 2.24) is 14.9 Å². The minimum atomic E-state index is -0.220. The fourth-order valence-electron chi connectivity index (χ4n) is 1.65. The highest BCUT2D eigenvalue weighted by Crippen LogP contribution is 2.30. The van der Waals surface area contributed by atoms with Crippen LogP contribution in [0.4, 0.5) is 11.5 Å². The maximum atomic E-state index is 12.0. The van der Waals surface area contributed by atoms with Crippen LogP contribution in [0.5, 0.6) is 5.88 Å². The molecule has 7 heteroatoms. The van der Waals surface area contributed by atoms with E-state index in [1.807, 2.05) is 20.8 Å². The van der Waals surface area contributed by atoms with E-state index in [1.54, 1.807) is 6.07 Å². The molecule has 0 aromatic carbocycles. The molecule has 2 heterocycles.